The maximum Gasteiger partial charge on any atom is 0.160 e. The van der Waals surface area contributed by atoms with Gasteiger partial charge in [-0.2, -0.15) is 0 Å². The summed E-state index contributed by atoms with van der Waals surface area (Å²) in [4.78, 5) is 10.2. The fraction of sp³-hybridized carbons (Fsp3) is 0. The molecule has 0 aliphatic rings. The molecule has 9 rings (SSSR count). The van der Waals surface area contributed by atoms with E-state index in [1.807, 2.05) is 24.3 Å². The second-order valence-corrected chi connectivity index (χ2v) is 11.8. The number of para-hydroxylation sites is 1. The van der Waals surface area contributed by atoms with Crippen LogP contribution in [0.4, 0.5) is 0 Å². The molecule has 2 aromatic heterocycles. The Hall–Kier alpha value is -6.32. The molecule has 0 radical (unpaired) electrons. The topological polar surface area (TPSA) is 30.7 Å². The summed E-state index contributed by atoms with van der Waals surface area (Å²) in [6, 6.07) is 62.0. The molecule has 0 spiro atoms. The van der Waals surface area contributed by atoms with E-state index in [0.29, 0.717) is 0 Å². The van der Waals surface area contributed by atoms with E-state index < -0.39 is 0 Å². The molecule has 2 heterocycles. The first-order valence-electron chi connectivity index (χ1n) is 15.9. The zero-order valence-electron chi connectivity index (χ0n) is 25.6. The highest BCUT2D eigenvalue weighted by atomic mass is 15.0. The van der Waals surface area contributed by atoms with Crippen LogP contribution in [0.3, 0.4) is 0 Å². The van der Waals surface area contributed by atoms with Gasteiger partial charge in [0.2, 0.25) is 0 Å². The lowest BCUT2D eigenvalue weighted by Gasteiger charge is -2.12. The Morgan fingerprint density at radius 2 is 0.979 bits per heavy atom. The summed E-state index contributed by atoms with van der Waals surface area (Å²) in [5, 5.41) is 3.49. The van der Waals surface area contributed by atoms with Gasteiger partial charge in [0.15, 0.2) is 5.82 Å². The predicted molar refractivity (Wildman–Crippen MR) is 196 cm³/mol. The van der Waals surface area contributed by atoms with Crippen LogP contribution in [0.5, 0.6) is 0 Å². The first kappa shape index (κ1) is 27.0. The Morgan fingerprint density at radius 1 is 0.383 bits per heavy atom. The van der Waals surface area contributed by atoms with Crippen molar-refractivity contribution in [1.82, 2.24) is 14.5 Å². The lowest BCUT2D eigenvalue weighted by molar-refractivity contribution is 1.18. The summed E-state index contributed by atoms with van der Waals surface area (Å²) in [5.41, 5.74) is 12.2. The maximum absolute atomic E-state index is 5.15. The van der Waals surface area contributed by atoms with Gasteiger partial charge >= 0.3 is 0 Å². The molecule has 0 unspecified atom stereocenters. The van der Waals surface area contributed by atoms with Crippen LogP contribution in [0.1, 0.15) is 0 Å². The quantitative estimate of drug-likeness (QED) is 0.197. The molecule has 3 nitrogen and oxygen atoms in total. The molecule has 47 heavy (non-hydrogen) atoms. The van der Waals surface area contributed by atoms with Crippen LogP contribution in [0.2, 0.25) is 0 Å². The van der Waals surface area contributed by atoms with Crippen molar-refractivity contribution < 1.29 is 0 Å². The van der Waals surface area contributed by atoms with Crippen LogP contribution >= 0.6 is 0 Å². The standard InChI is InChI=1S/C44H29N3/c1-4-13-30(14-5-1)31-23-26-35(27-24-31)47-40-21-11-10-19-37(40)42-36(20-12-22-41(42)47)34-25-28-39-38(29-34)43(32-15-6-2-7-16-32)46-44(45-39)33-17-8-3-9-18-33/h1-29H. The van der Waals surface area contributed by atoms with E-state index >= 15 is 0 Å². The third-order valence-corrected chi connectivity index (χ3v) is 9.02. The number of aromatic nitrogens is 3. The average molecular weight is 600 g/mol. The van der Waals surface area contributed by atoms with Gasteiger partial charge in [0.05, 0.1) is 22.2 Å². The van der Waals surface area contributed by atoms with Gasteiger partial charge in [-0.15, -0.1) is 0 Å². The van der Waals surface area contributed by atoms with Gasteiger partial charge in [-0.25, -0.2) is 9.97 Å². The first-order chi connectivity index (χ1) is 23.3. The molecule has 0 saturated heterocycles. The van der Waals surface area contributed by atoms with Crippen LogP contribution in [0.15, 0.2) is 176 Å². The van der Waals surface area contributed by atoms with Crippen LogP contribution in [0.25, 0.3) is 83.3 Å². The molecule has 0 aliphatic heterocycles. The largest absolute Gasteiger partial charge is 0.309 e. The molecule has 0 fully saturated rings. The lowest BCUT2D eigenvalue weighted by Crippen LogP contribution is -1.96. The second-order valence-electron chi connectivity index (χ2n) is 11.8. The van der Waals surface area contributed by atoms with Gasteiger partial charge in [0, 0.05) is 33.0 Å². The average Bonchev–Trinajstić information content (AvgIpc) is 3.50. The number of nitrogens with zero attached hydrogens (tertiary/aromatic N) is 3. The third kappa shape index (κ3) is 4.68. The summed E-state index contributed by atoms with van der Waals surface area (Å²) in [6.45, 7) is 0. The SMILES string of the molecule is c1ccc(-c2ccc(-n3c4ccccc4c4c(-c5ccc6nc(-c7ccccc7)nc(-c7ccccc7)c6c5)cccc43)cc2)cc1. The van der Waals surface area contributed by atoms with Gasteiger partial charge in [-0.1, -0.05) is 140 Å². The number of rotatable bonds is 5. The molecule has 0 bridgehead atoms. The summed E-state index contributed by atoms with van der Waals surface area (Å²) in [6.07, 6.45) is 0. The van der Waals surface area contributed by atoms with Crippen LogP contribution in [-0.2, 0) is 0 Å². The highest BCUT2D eigenvalue weighted by Crippen LogP contribution is 2.40. The Kier molecular flexibility index (Phi) is 6.46. The molecular weight excluding hydrogens is 571 g/mol. The van der Waals surface area contributed by atoms with Gasteiger partial charge in [-0.3, -0.25) is 0 Å². The van der Waals surface area contributed by atoms with E-state index in [1.54, 1.807) is 0 Å². The number of hydrogen-bond donors (Lipinski definition) is 0. The van der Waals surface area contributed by atoms with Crippen LogP contribution in [-0.4, -0.2) is 14.5 Å². The smallest absolute Gasteiger partial charge is 0.160 e. The van der Waals surface area contributed by atoms with Crippen molar-refractivity contribution in [3.63, 3.8) is 0 Å². The monoisotopic (exact) mass is 599 g/mol. The molecule has 7 aromatic carbocycles. The molecule has 220 valence electrons. The number of benzene rings is 7. The third-order valence-electron chi connectivity index (χ3n) is 9.02. The van der Waals surface area contributed by atoms with E-state index in [9.17, 15) is 0 Å². The Labute approximate surface area is 273 Å². The van der Waals surface area contributed by atoms with E-state index in [1.165, 1.54) is 38.5 Å². The van der Waals surface area contributed by atoms with Gasteiger partial charge in [-0.05, 0) is 58.7 Å². The van der Waals surface area contributed by atoms with E-state index in [2.05, 4.69) is 156 Å². The summed E-state index contributed by atoms with van der Waals surface area (Å²) in [7, 11) is 0. The van der Waals surface area contributed by atoms with Crippen molar-refractivity contribution in [2.24, 2.45) is 0 Å². The van der Waals surface area contributed by atoms with Crippen molar-refractivity contribution in [3.05, 3.63) is 176 Å². The summed E-state index contributed by atoms with van der Waals surface area (Å²) < 4.78 is 2.38. The maximum atomic E-state index is 5.15. The van der Waals surface area contributed by atoms with E-state index in [0.717, 1.165) is 44.8 Å². The minimum absolute atomic E-state index is 0.730. The van der Waals surface area contributed by atoms with Crippen molar-refractivity contribution in [1.29, 1.82) is 0 Å². The molecule has 0 amide bonds. The van der Waals surface area contributed by atoms with Crippen molar-refractivity contribution in [2.75, 3.05) is 0 Å². The Balaban J connectivity index is 1.24. The van der Waals surface area contributed by atoms with Gasteiger partial charge in [0.25, 0.3) is 0 Å². The van der Waals surface area contributed by atoms with Crippen molar-refractivity contribution in [3.8, 4) is 50.6 Å². The molecule has 0 aliphatic carbocycles. The highest BCUT2D eigenvalue weighted by molar-refractivity contribution is 6.16. The zero-order valence-corrected chi connectivity index (χ0v) is 25.6. The van der Waals surface area contributed by atoms with Gasteiger partial charge < -0.3 is 4.57 Å². The molecule has 0 saturated carbocycles. The minimum atomic E-state index is 0.730. The van der Waals surface area contributed by atoms with E-state index in [-0.39, 0.29) is 0 Å². The van der Waals surface area contributed by atoms with Crippen LogP contribution < -0.4 is 0 Å². The number of hydrogen-bond acceptors (Lipinski definition) is 2. The first-order valence-corrected chi connectivity index (χ1v) is 15.9. The molecule has 9 aromatic rings. The molecule has 0 atom stereocenters. The lowest BCUT2D eigenvalue weighted by atomic mass is 9.96. The normalized spacial score (nSPS) is 11.4. The fourth-order valence-electron chi connectivity index (χ4n) is 6.80. The highest BCUT2D eigenvalue weighted by Gasteiger charge is 2.18. The molecular formula is C44H29N3. The molecule has 3 heteroatoms. The number of fused-ring (bicyclic) bond motifs is 4. The zero-order chi connectivity index (χ0) is 31.2. The van der Waals surface area contributed by atoms with E-state index in [4.69, 9.17) is 9.97 Å². The molecule has 0 N–H and O–H groups in total. The summed E-state index contributed by atoms with van der Waals surface area (Å²) in [5.74, 6) is 0.730. The predicted octanol–water partition coefficient (Wildman–Crippen LogP) is 11.4. The van der Waals surface area contributed by atoms with Crippen molar-refractivity contribution in [2.45, 2.75) is 0 Å². The summed E-state index contributed by atoms with van der Waals surface area (Å²) >= 11 is 0. The Morgan fingerprint density at radius 3 is 1.72 bits per heavy atom. The minimum Gasteiger partial charge on any atom is -0.309 e. The van der Waals surface area contributed by atoms with Gasteiger partial charge in [0.1, 0.15) is 0 Å². The fourth-order valence-corrected chi connectivity index (χ4v) is 6.80. The Bertz CT molecular complexity index is 2530. The van der Waals surface area contributed by atoms with Crippen molar-refractivity contribution >= 4 is 32.7 Å². The second kappa shape index (κ2) is 11.2. The van der Waals surface area contributed by atoms with Crippen LogP contribution in [0, 0.1) is 0 Å².